The van der Waals surface area contributed by atoms with Gasteiger partial charge in [-0.2, -0.15) is 0 Å². The lowest BCUT2D eigenvalue weighted by Gasteiger charge is -2.28. The second kappa shape index (κ2) is 7.79. The molecule has 5 rings (SSSR count). The summed E-state index contributed by atoms with van der Waals surface area (Å²) in [5, 5.41) is 0. The molecule has 0 amide bonds. The van der Waals surface area contributed by atoms with Crippen molar-refractivity contribution in [1.29, 1.82) is 0 Å². The first-order valence-electron chi connectivity index (χ1n) is 10.2. The fourth-order valence-electron chi connectivity index (χ4n) is 3.75. The second-order valence-electron chi connectivity index (χ2n) is 7.89. The predicted molar refractivity (Wildman–Crippen MR) is 111 cm³/mol. The number of benzene rings is 1. The largest absolute Gasteiger partial charge is 0.477 e. The van der Waals surface area contributed by atoms with Crippen molar-refractivity contribution in [3.8, 4) is 17.3 Å². The Labute approximate surface area is 169 Å². The average molecular weight is 388 g/mol. The number of ether oxygens (including phenoxy) is 1. The number of hydrogen-bond acceptors (Lipinski definition) is 5. The summed E-state index contributed by atoms with van der Waals surface area (Å²) in [6.45, 7) is 2.91. The first-order valence-corrected chi connectivity index (χ1v) is 10.2. The smallest absolute Gasteiger partial charge is 0.255 e. The minimum absolute atomic E-state index is 0.0463. The first kappa shape index (κ1) is 18.1. The molecule has 0 spiro atoms. The lowest BCUT2D eigenvalue weighted by molar-refractivity contribution is 0.230. The summed E-state index contributed by atoms with van der Waals surface area (Å²) in [6.07, 6.45) is 5.05. The number of aromatic amines is 1. The van der Waals surface area contributed by atoms with Gasteiger partial charge in [0, 0.05) is 43.4 Å². The van der Waals surface area contributed by atoms with Gasteiger partial charge in [-0.3, -0.25) is 9.69 Å². The molecule has 1 aliphatic carbocycles. The Hall–Kier alpha value is -2.99. The summed E-state index contributed by atoms with van der Waals surface area (Å²) < 4.78 is 5.94. The van der Waals surface area contributed by atoms with Gasteiger partial charge in [0.25, 0.3) is 5.56 Å². The molecule has 2 aromatic heterocycles. The fraction of sp³-hybridized carbons (Fsp3) is 0.348. The van der Waals surface area contributed by atoms with E-state index in [4.69, 9.17) is 9.72 Å². The third kappa shape index (κ3) is 4.07. The van der Waals surface area contributed by atoms with Crippen molar-refractivity contribution >= 4 is 0 Å². The zero-order valence-electron chi connectivity index (χ0n) is 16.3. The molecule has 1 N–H and O–H groups in total. The number of pyridine rings is 1. The van der Waals surface area contributed by atoms with Crippen molar-refractivity contribution in [2.45, 2.75) is 32.4 Å². The Morgan fingerprint density at radius 1 is 1.14 bits per heavy atom. The predicted octanol–water partition coefficient (Wildman–Crippen LogP) is 3.18. The van der Waals surface area contributed by atoms with Gasteiger partial charge in [0.05, 0.1) is 17.9 Å². The quantitative estimate of drug-likeness (QED) is 0.702. The minimum Gasteiger partial charge on any atom is -0.477 e. The van der Waals surface area contributed by atoms with Crippen molar-refractivity contribution in [1.82, 2.24) is 19.9 Å². The Bertz CT molecular complexity index is 1060. The monoisotopic (exact) mass is 388 g/mol. The van der Waals surface area contributed by atoms with Crippen molar-refractivity contribution < 1.29 is 4.74 Å². The van der Waals surface area contributed by atoms with E-state index < -0.39 is 0 Å². The van der Waals surface area contributed by atoms with Crippen LogP contribution < -0.4 is 10.3 Å². The summed E-state index contributed by atoms with van der Waals surface area (Å²) >= 11 is 0. The number of fused-ring (bicyclic) bond motifs is 1. The second-order valence-corrected chi connectivity index (χ2v) is 7.89. The van der Waals surface area contributed by atoms with Crippen LogP contribution in [-0.2, 0) is 19.5 Å². The van der Waals surface area contributed by atoms with Crippen LogP contribution in [0.3, 0.4) is 0 Å². The summed E-state index contributed by atoms with van der Waals surface area (Å²) in [5.41, 5.74) is 3.62. The molecule has 1 aromatic carbocycles. The number of nitrogens with zero attached hydrogens (tertiary/aromatic N) is 3. The van der Waals surface area contributed by atoms with Crippen molar-refractivity contribution in [2.24, 2.45) is 5.92 Å². The maximum Gasteiger partial charge on any atom is 0.255 e. The first-order chi connectivity index (χ1) is 14.3. The molecular weight excluding hydrogens is 364 g/mol. The highest BCUT2D eigenvalue weighted by Gasteiger charge is 2.24. The normalized spacial score (nSPS) is 16.4. The number of aromatic nitrogens is 3. The Kier molecular flexibility index (Phi) is 4.86. The molecule has 0 bridgehead atoms. The molecule has 0 saturated heterocycles. The van der Waals surface area contributed by atoms with E-state index in [9.17, 15) is 4.79 Å². The molecule has 148 valence electrons. The Balaban J connectivity index is 1.33. The van der Waals surface area contributed by atoms with Gasteiger partial charge in [-0.25, -0.2) is 9.97 Å². The van der Waals surface area contributed by atoms with E-state index in [1.54, 1.807) is 6.20 Å². The van der Waals surface area contributed by atoms with Crippen LogP contribution in [-0.4, -0.2) is 33.0 Å². The molecule has 1 saturated carbocycles. The van der Waals surface area contributed by atoms with Crippen LogP contribution >= 0.6 is 0 Å². The molecule has 0 unspecified atom stereocenters. The zero-order chi connectivity index (χ0) is 19.6. The molecule has 3 heterocycles. The van der Waals surface area contributed by atoms with E-state index in [0.717, 1.165) is 47.8 Å². The van der Waals surface area contributed by atoms with Crippen LogP contribution in [0.4, 0.5) is 0 Å². The average Bonchev–Trinajstić information content (AvgIpc) is 3.59. The molecule has 0 radical (unpaired) electrons. The van der Waals surface area contributed by atoms with Crippen molar-refractivity contribution in [3.05, 3.63) is 75.8 Å². The Morgan fingerprint density at radius 3 is 2.83 bits per heavy atom. The van der Waals surface area contributed by atoms with Gasteiger partial charge in [0.2, 0.25) is 5.88 Å². The van der Waals surface area contributed by atoms with Crippen LogP contribution in [0.15, 0.2) is 53.5 Å². The standard InChI is InChI=1S/C23H24N4O2/c28-22-19-14-27(13-18-7-4-11-24-23(18)29-15-16-8-9-16)12-10-20(19)25-21(26-22)17-5-2-1-3-6-17/h1-7,11,16H,8-10,12-15H2,(H,25,26,28). The SMILES string of the molecule is O=c1[nH]c(-c2ccccc2)nc2c1CN(Cc1cccnc1OCC1CC1)CC2. The zero-order valence-corrected chi connectivity index (χ0v) is 16.3. The van der Waals surface area contributed by atoms with Crippen LogP contribution in [0.25, 0.3) is 11.4 Å². The van der Waals surface area contributed by atoms with Gasteiger partial charge in [0.15, 0.2) is 0 Å². The van der Waals surface area contributed by atoms with Gasteiger partial charge in [-0.05, 0) is 24.8 Å². The number of H-pyrrole nitrogens is 1. The van der Waals surface area contributed by atoms with E-state index in [0.29, 0.717) is 24.8 Å². The fourth-order valence-corrected chi connectivity index (χ4v) is 3.75. The maximum atomic E-state index is 12.7. The van der Waals surface area contributed by atoms with E-state index in [2.05, 4.69) is 20.9 Å². The summed E-state index contributed by atoms with van der Waals surface area (Å²) in [6, 6.07) is 13.8. The van der Waals surface area contributed by atoms with E-state index >= 15 is 0 Å². The van der Waals surface area contributed by atoms with E-state index in [-0.39, 0.29) is 5.56 Å². The number of nitrogens with one attached hydrogen (secondary N) is 1. The van der Waals surface area contributed by atoms with Crippen LogP contribution in [0.5, 0.6) is 5.88 Å². The molecule has 6 heteroatoms. The van der Waals surface area contributed by atoms with Crippen LogP contribution in [0, 0.1) is 5.92 Å². The highest BCUT2D eigenvalue weighted by atomic mass is 16.5. The third-order valence-electron chi connectivity index (χ3n) is 5.59. The van der Waals surface area contributed by atoms with Gasteiger partial charge >= 0.3 is 0 Å². The van der Waals surface area contributed by atoms with Gasteiger partial charge < -0.3 is 9.72 Å². The summed E-state index contributed by atoms with van der Waals surface area (Å²) in [4.78, 5) is 27.1. The molecule has 3 aromatic rings. The third-order valence-corrected chi connectivity index (χ3v) is 5.59. The van der Waals surface area contributed by atoms with E-state index in [1.807, 2.05) is 36.4 Å². The topological polar surface area (TPSA) is 71.1 Å². The summed E-state index contributed by atoms with van der Waals surface area (Å²) in [7, 11) is 0. The number of rotatable bonds is 6. The van der Waals surface area contributed by atoms with Crippen LogP contribution in [0.2, 0.25) is 0 Å². The Morgan fingerprint density at radius 2 is 2.00 bits per heavy atom. The van der Waals surface area contributed by atoms with Gasteiger partial charge in [0.1, 0.15) is 5.82 Å². The van der Waals surface area contributed by atoms with E-state index in [1.165, 1.54) is 12.8 Å². The van der Waals surface area contributed by atoms with Crippen molar-refractivity contribution in [2.75, 3.05) is 13.2 Å². The molecule has 29 heavy (non-hydrogen) atoms. The van der Waals surface area contributed by atoms with Crippen LogP contribution in [0.1, 0.15) is 29.7 Å². The molecule has 1 fully saturated rings. The molecule has 0 atom stereocenters. The maximum absolute atomic E-state index is 12.7. The minimum atomic E-state index is -0.0463. The molecule has 1 aliphatic heterocycles. The highest BCUT2D eigenvalue weighted by Crippen LogP contribution is 2.30. The number of hydrogen-bond donors (Lipinski definition) is 1. The molecule has 6 nitrogen and oxygen atoms in total. The lowest BCUT2D eigenvalue weighted by Crippen LogP contribution is -2.35. The van der Waals surface area contributed by atoms with Gasteiger partial charge in [-0.15, -0.1) is 0 Å². The summed E-state index contributed by atoms with van der Waals surface area (Å²) in [5.74, 6) is 2.05. The highest BCUT2D eigenvalue weighted by molar-refractivity contribution is 5.54. The molecular formula is C23H24N4O2. The van der Waals surface area contributed by atoms with Crippen molar-refractivity contribution in [3.63, 3.8) is 0 Å². The van der Waals surface area contributed by atoms with Gasteiger partial charge in [-0.1, -0.05) is 36.4 Å². The molecule has 2 aliphatic rings. The lowest BCUT2D eigenvalue weighted by atomic mass is 10.1.